The normalized spacial score (nSPS) is 30.5. The van der Waals surface area contributed by atoms with Gasteiger partial charge in [-0.1, -0.05) is 19.3 Å². The first-order chi connectivity index (χ1) is 8.22. The molecule has 2 saturated carbocycles. The molecule has 2 atom stereocenters. The van der Waals surface area contributed by atoms with Gasteiger partial charge in [-0.3, -0.25) is 4.79 Å². The SMILES string of the molecule is CN(C(=O)C1CCCC(CN)C1)C1CCCC1. The third kappa shape index (κ3) is 3.01. The summed E-state index contributed by atoms with van der Waals surface area (Å²) in [5, 5.41) is 0. The van der Waals surface area contributed by atoms with Crippen LogP contribution in [0.2, 0.25) is 0 Å². The Balaban J connectivity index is 1.89. The second-order valence-corrected chi connectivity index (χ2v) is 5.85. The molecule has 2 aliphatic carbocycles. The molecule has 2 rings (SSSR count). The molecule has 0 aliphatic heterocycles. The summed E-state index contributed by atoms with van der Waals surface area (Å²) >= 11 is 0. The molecule has 3 nitrogen and oxygen atoms in total. The number of hydrogen-bond acceptors (Lipinski definition) is 2. The molecule has 0 saturated heterocycles. The van der Waals surface area contributed by atoms with Gasteiger partial charge in [0, 0.05) is 19.0 Å². The van der Waals surface area contributed by atoms with Crippen molar-refractivity contribution < 1.29 is 4.79 Å². The second-order valence-electron chi connectivity index (χ2n) is 5.85. The van der Waals surface area contributed by atoms with Gasteiger partial charge in [-0.25, -0.2) is 0 Å². The number of nitrogens with two attached hydrogens (primary N) is 1. The van der Waals surface area contributed by atoms with Gasteiger partial charge in [-0.05, 0) is 44.6 Å². The Hall–Kier alpha value is -0.570. The quantitative estimate of drug-likeness (QED) is 0.819. The maximum atomic E-state index is 12.4. The van der Waals surface area contributed by atoms with E-state index in [0.717, 1.165) is 19.4 Å². The number of nitrogens with zero attached hydrogens (tertiary/aromatic N) is 1. The molecule has 0 radical (unpaired) electrons. The zero-order valence-electron chi connectivity index (χ0n) is 11.0. The van der Waals surface area contributed by atoms with Crippen LogP contribution in [0.5, 0.6) is 0 Å². The average Bonchev–Trinajstić information content (AvgIpc) is 2.91. The van der Waals surface area contributed by atoms with E-state index in [2.05, 4.69) is 0 Å². The van der Waals surface area contributed by atoms with Gasteiger partial charge in [0.05, 0.1) is 0 Å². The smallest absolute Gasteiger partial charge is 0.225 e. The molecule has 0 aromatic heterocycles. The fraction of sp³-hybridized carbons (Fsp3) is 0.929. The number of carbonyl (C=O) groups excluding carboxylic acids is 1. The summed E-state index contributed by atoms with van der Waals surface area (Å²) in [5.41, 5.74) is 5.74. The summed E-state index contributed by atoms with van der Waals surface area (Å²) < 4.78 is 0. The molecular formula is C14H26N2O. The third-order valence-electron chi connectivity index (χ3n) is 4.69. The van der Waals surface area contributed by atoms with E-state index in [4.69, 9.17) is 5.73 Å². The van der Waals surface area contributed by atoms with E-state index in [0.29, 0.717) is 17.9 Å². The number of amides is 1. The minimum Gasteiger partial charge on any atom is -0.343 e. The van der Waals surface area contributed by atoms with E-state index < -0.39 is 0 Å². The van der Waals surface area contributed by atoms with Gasteiger partial charge >= 0.3 is 0 Å². The molecule has 0 bridgehead atoms. The van der Waals surface area contributed by atoms with Gasteiger partial charge in [0.15, 0.2) is 0 Å². The maximum Gasteiger partial charge on any atom is 0.225 e. The molecule has 17 heavy (non-hydrogen) atoms. The summed E-state index contributed by atoms with van der Waals surface area (Å²) in [6.45, 7) is 0.747. The highest BCUT2D eigenvalue weighted by molar-refractivity contribution is 5.79. The van der Waals surface area contributed by atoms with Crippen molar-refractivity contribution >= 4 is 5.91 Å². The van der Waals surface area contributed by atoms with Crippen LogP contribution < -0.4 is 5.73 Å². The fourth-order valence-electron chi connectivity index (χ4n) is 3.49. The summed E-state index contributed by atoms with van der Waals surface area (Å²) in [7, 11) is 2.00. The second kappa shape index (κ2) is 5.85. The highest BCUT2D eigenvalue weighted by Crippen LogP contribution is 2.31. The molecule has 0 aromatic carbocycles. The Morgan fingerprint density at radius 2 is 1.88 bits per heavy atom. The number of hydrogen-bond donors (Lipinski definition) is 1. The largest absolute Gasteiger partial charge is 0.343 e. The molecule has 2 unspecified atom stereocenters. The minimum absolute atomic E-state index is 0.253. The van der Waals surface area contributed by atoms with Gasteiger partial charge in [0.25, 0.3) is 0 Å². The first-order valence-corrected chi connectivity index (χ1v) is 7.19. The Labute approximate surface area is 105 Å². The number of carbonyl (C=O) groups is 1. The molecule has 0 heterocycles. The van der Waals surface area contributed by atoms with E-state index in [1.165, 1.54) is 38.5 Å². The molecule has 2 N–H and O–H groups in total. The van der Waals surface area contributed by atoms with Crippen LogP contribution in [0.1, 0.15) is 51.4 Å². The van der Waals surface area contributed by atoms with E-state index >= 15 is 0 Å². The van der Waals surface area contributed by atoms with Crippen molar-refractivity contribution in [1.82, 2.24) is 4.90 Å². The minimum atomic E-state index is 0.253. The Kier molecular flexibility index (Phi) is 4.43. The molecule has 2 aliphatic rings. The topological polar surface area (TPSA) is 46.3 Å². The Morgan fingerprint density at radius 3 is 2.53 bits per heavy atom. The average molecular weight is 238 g/mol. The third-order valence-corrected chi connectivity index (χ3v) is 4.69. The highest BCUT2D eigenvalue weighted by Gasteiger charge is 2.31. The van der Waals surface area contributed by atoms with Crippen LogP contribution in [0.4, 0.5) is 0 Å². The highest BCUT2D eigenvalue weighted by atomic mass is 16.2. The Morgan fingerprint density at radius 1 is 1.18 bits per heavy atom. The standard InChI is InChI=1S/C14H26N2O/c1-16(13-7-2-3-8-13)14(17)12-6-4-5-11(9-12)10-15/h11-13H,2-10,15H2,1H3. The Bertz CT molecular complexity index is 261. The van der Waals surface area contributed by atoms with Crippen molar-refractivity contribution in [2.75, 3.05) is 13.6 Å². The van der Waals surface area contributed by atoms with Crippen LogP contribution in [-0.4, -0.2) is 30.4 Å². The predicted octanol–water partition coefficient (Wildman–Crippen LogP) is 2.15. The van der Waals surface area contributed by atoms with Crippen molar-refractivity contribution in [3.63, 3.8) is 0 Å². The van der Waals surface area contributed by atoms with E-state index in [9.17, 15) is 4.79 Å². The fourth-order valence-corrected chi connectivity index (χ4v) is 3.49. The molecule has 0 spiro atoms. The van der Waals surface area contributed by atoms with Gasteiger partial charge in [0.1, 0.15) is 0 Å². The first kappa shape index (κ1) is 12.9. The first-order valence-electron chi connectivity index (χ1n) is 7.19. The summed E-state index contributed by atoms with van der Waals surface area (Å²) in [6.07, 6.45) is 9.48. The van der Waals surface area contributed by atoms with E-state index in [-0.39, 0.29) is 5.92 Å². The molecular weight excluding hydrogens is 212 g/mol. The zero-order valence-corrected chi connectivity index (χ0v) is 11.0. The van der Waals surface area contributed by atoms with Crippen molar-refractivity contribution in [1.29, 1.82) is 0 Å². The van der Waals surface area contributed by atoms with Gasteiger partial charge in [-0.2, -0.15) is 0 Å². The summed E-state index contributed by atoms with van der Waals surface area (Å²) in [5.74, 6) is 1.22. The van der Waals surface area contributed by atoms with Crippen LogP contribution in [0, 0.1) is 11.8 Å². The van der Waals surface area contributed by atoms with Gasteiger partial charge in [0.2, 0.25) is 5.91 Å². The summed E-state index contributed by atoms with van der Waals surface area (Å²) in [6, 6.07) is 0.515. The molecule has 0 aromatic rings. The van der Waals surface area contributed by atoms with Crippen molar-refractivity contribution in [3.05, 3.63) is 0 Å². The van der Waals surface area contributed by atoms with Gasteiger partial charge < -0.3 is 10.6 Å². The van der Waals surface area contributed by atoms with Crippen molar-refractivity contribution in [2.45, 2.75) is 57.4 Å². The molecule has 98 valence electrons. The van der Waals surface area contributed by atoms with Crippen molar-refractivity contribution in [3.8, 4) is 0 Å². The van der Waals surface area contributed by atoms with Crippen molar-refractivity contribution in [2.24, 2.45) is 17.6 Å². The maximum absolute atomic E-state index is 12.4. The predicted molar refractivity (Wildman–Crippen MR) is 69.5 cm³/mol. The monoisotopic (exact) mass is 238 g/mol. The lowest BCUT2D eigenvalue weighted by molar-refractivity contribution is -0.137. The van der Waals surface area contributed by atoms with Crippen LogP contribution in [0.3, 0.4) is 0 Å². The lowest BCUT2D eigenvalue weighted by Gasteiger charge is -2.33. The number of rotatable bonds is 3. The van der Waals surface area contributed by atoms with Crippen LogP contribution in [0.15, 0.2) is 0 Å². The zero-order chi connectivity index (χ0) is 12.3. The van der Waals surface area contributed by atoms with E-state index in [1.54, 1.807) is 0 Å². The lowest BCUT2D eigenvalue weighted by Crippen LogP contribution is -2.41. The molecule has 1 amide bonds. The summed E-state index contributed by atoms with van der Waals surface area (Å²) in [4.78, 5) is 14.5. The van der Waals surface area contributed by atoms with Crippen LogP contribution in [0.25, 0.3) is 0 Å². The van der Waals surface area contributed by atoms with Gasteiger partial charge in [-0.15, -0.1) is 0 Å². The van der Waals surface area contributed by atoms with Crippen LogP contribution >= 0.6 is 0 Å². The van der Waals surface area contributed by atoms with E-state index in [1.807, 2.05) is 11.9 Å². The van der Waals surface area contributed by atoms with Crippen LogP contribution in [-0.2, 0) is 4.79 Å². The lowest BCUT2D eigenvalue weighted by atomic mass is 9.80. The molecule has 3 heteroatoms. The molecule has 2 fully saturated rings.